The van der Waals surface area contributed by atoms with E-state index in [4.69, 9.17) is 0 Å². The Labute approximate surface area is 166 Å². The number of nitrogens with one attached hydrogen (secondary N) is 1. The van der Waals surface area contributed by atoms with Gasteiger partial charge < -0.3 is 10.2 Å². The zero-order valence-corrected chi connectivity index (χ0v) is 16.9. The van der Waals surface area contributed by atoms with Crippen LogP contribution in [0.2, 0.25) is 0 Å². The first-order valence-corrected chi connectivity index (χ1v) is 9.84. The lowest BCUT2D eigenvalue weighted by molar-refractivity contribution is -0.131. The molecule has 0 unspecified atom stereocenters. The van der Waals surface area contributed by atoms with Crippen LogP contribution in [0, 0.1) is 13.8 Å². The standard InChI is InChI=1S/C21H29N5O2/c1-4-26-19(13-17(3)23-26)21(28)22-14-20(27)25-11-9-24(10-12-25)15-18-7-5-16(2)6-8-18/h5-8,13H,4,9-12,14-15H2,1-3H3,(H,22,28). The van der Waals surface area contributed by atoms with Crippen LogP contribution in [-0.4, -0.2) is 64.1 Å². The lowest BCUT2D eigenvalue weighted by atomic mass is 10.1. The van der Waals surface area contributed by atoms with Gasteiger partial charge in [-0.05, 0) is 32.4 Å². The first-order valence-electron chi connectivity index (χ1n) is 9.84. The molecule has 2 amide bonds. The zero-order valence-electron chi connectivity index (χ0n) is 16.9. The van der Waals surface area contributed by atoms with E-state index in [-0.39, 0.29) is 18.4 Å². The van der Waals surface area contributed by atoms with Crippen LogP contribution in [0.15, 0.2) is 30.3 Å². The molecule has 1 N–H and O–H groups in total. The topological polar surface area (TPSA) is 70.5 Å². The van der Waals surface area contributed by atoms with E-state index in [0.717, 1.165) is 25.3 Å². The normalized spacial score (nSPS) is 14.9. The summed E-state index contributed by atoms with van der Waals surface area (Å²) < 4.78 is 1.65. The summed E-state index contributed by atoms with van der Waals surface area (Å²) in [6.07, 6.45) is 0. The molecule has 0 aliphatic carbocycles. The van der Waals surface area contributed by atoms with Crippen LogP contribution in [0.4, 0.5) is 0 Å². The minimum Gasteiger partial charge on any atom is -0.342 e. The Hall–Kier alpha value is -2.67. The highest BCUT2D eigenvalue weighted by Crippen LogP contribution is 2.10. The van der Waals surface area contributed by atoms with Gasteiger partial charge in [-0.2, -0.15) is 5.10 Å². The van der Waals surface area contributed by atoms with E-state index in [0.29, 0.717) is 25.3 Å². The van der Waals surface area contributed by atoms with Gasteiger partial charge in [-0.1, -0.05) is 29.8 Å². The molecule has 0 spiro atoms. The monoisotopic (exact) mass is 383 g/mol. The maximum atomic E-state index is 12.5. The second-order valence-electron chi connectivity index (χ2n) is 7.31. The molecule has 1 aromatic heterocycles. The van der Waals surface area contributed by atoms with E-state index in [1.807, 2.05) is 18.7 Å². The molecule has 150 valence electrons. The van der Waals surface area contributed by atoms with Gasteiger partial charge in [0.15, 0.2) is 0 Å². The zero-order chi connectivity index (χ0) is 20.1. The van der Waals surface area contributed by atoms with Crippen LogP contribution >= 0.6 is 0 Å². The molecular formula is C21H29N5O2. The van der Waals surface area contributed by atoms with Crippen LogP contribution < -0.4 is 5.32 Å². The molecule has 1 fully saturated rings. The predicted molar refractivity (Wildman–Crippen MR) is 108 cm³/mol. The SMILES string of the molecule is CCn1nc(C)cc1C(=O)NCC(=O)N1CCN(Cc2ccc(C)cc2)CC1. The molecule has 28 heavy (non-hydrogen) atoms. The molecule has 2 heterocycles. The number of nitrogens with zero attached hydrogens (tertiary/aromatic N) is 4. The number of aromatic nitrogens is 2. The van der Waals surface area contributed by atoms with Crippen molar-refractivity contribution in [3.05, 3.63) is 52.8 Å². The van der Waals surface area contributed by atoms with E-state index >= 15 is 0 Å². The van der Waals surface area contributed by atoms with E-state index in [9.17, 15) is 9.59 Å². The van der Waals surface area contributed by atoms with Crippen molar-refractivity contribution >= 4 is 11.8 Å². The third-order valence-electron chi connectivity index (χ3n) is 5.09. The molecule has 1 saturated heterocycles. The van der Waals surface area contributed by atoms with Gasteiger partial charge in [-0.3, -0.25) is 19.2 Å². The molecule has 3 rings (SSSR count). The smallest absolute Gasteiger partial charge is 0.269 e. The van der Waals surface area contributed by atoms with Gasteiger partial charge in [0.1, 0.15) is 5.69 Å². The van der Waals surface area contributed by atoms with Gasteiger partial charge in [0.05, 0.1) is 12.2 Å². The van der Waals surface area contributed by atoms with E-state index in [2.05, 4.69) is 46.5 Å². The Balaban J connectivity index is 1.44. The third kappa shape index (κ3) is 4.98. The van der Waals surface area contributed by atoms with Gasteiger partial charge in [0, 0.05) is 39.3 Å². The van der Waals surface area contributed by atoms with Crippen molar-refractivity contribution in [3.63, 3.8) is 0 Å². The summed E-state index contributed by atoms with van der Waals surface area (Å²) >= 11 is 0. The lowest BCUT2D eigenvalue weighted by Gasteiger charge is -2.34. The fourth-order valence-electron chi connectivity index (χ4n) is 3.43. The van der Waals surface area contributed by atoms with Crippen LogP contribution in [0.5, 0.6) is 0 Å². The third-order valence-corrected chi connectivity index (χ3v) is 5.09. The summed E-state index contributed by atoms with van der Waals surface area (Å²) in [5.74, 6) is -0.295. The Morgan fingerprint density at radius 1 is 1.07 bits per heavy atom. The van der Waals surface area contributed by atoms with Crippen molar-refractivity contribution in [2.45, 2.75) is 33.9 Å². The second-order valence-corrected chi connectivity index (χ2v) is 7.31. The molecule has 0 atom stereocenters. The van der Waals surface area contributed by atoms with Crippen LogP contribution in [0.25, 0.3) is 0 Å². The quantitative estimate of drug-likeness (QED) is 0.823. The van der Waals surface area contributed by atoms with Crippen molar-refractivity contribution in [2.24, 2.45) is 0 Å². The summed E-state index contributed by atoms with van der Waals surface area (Å²) in [6.45, 7) is 10.5. The fraction of sp³-hybridized carbons (Fsp3) is 0.476. The van der Waals surface area contributed by atoms with Gasteiger partial charge in [0.2, 0.25) is 5.91 Å². The van der Waals surface area contributed by atoms with E-state index in [1.165, 1.54) is 11.1 Å². The summed E-state index contributed by atoms with van der Waals surface area (Å²) in [6, 6.07) is 10.3. The van der Waals surface area contributed by atoms with Gasteiger partial charge in [0.25, 0.3) is 5.91 Å². The first kappa shape index (κ1) is 20.1. The maximum absolute atomic E-state index is 12.5. The number of rotatable bonds is 6. The number of amides is 2. The molecule has 1 aliphatic rings. The van der Waals surface area contributed by atoms with E-state index < -0.39 is 0 Å². The van der Waals surface area contributed by atoms with E-state index in [1.54, 1.807) is 10.7 Å². The van der Waals surface area contributed by atoms with Crippen LogP contribution in [-0.2, 0) is 17.9 Å². The first-order chi connectivity index (χ1) is 13.5. The average molecular weight is 383 g/mol. The highest BCUT2D eigenvalue weighted by atomic mass is 16.2. The van der Waals surface area contributed by atoms with Crippen molar-refractivity contribution < 1.29 is 9.59 Å². The molecule has 7 heteroatoms. The Bertz CT molecular complexity index is 820. The van der Waals surface area contributed by atoms with Crippen molar-refractivity contribution in [1.82, 2.24) is 24.9 Å². The Morgan fingerprint density at radius 2 is 1.75 bits per heavy atom. The number of carbonyl (C=O) groups excluding carboxylic acids is 2. The van der Waals surface area contributed by atoms with Gasteiger partial charge >= 0.3 is 0 Å². The van der Waals surface area contributed by atoms with Crippen LogP contribution in [0.1, 0.15) is 34.2 Å². The predicted octanol–water partition coefficient (Wildman–Crippen LogP) is 1.59. The minimum absolute atomic E-state index is 0.0186. The van der Waals surface area contributed by atoms with Crippen LogP contribution in [0.3, 0.4) is 0 Å². The molecular weight excluding hydrogens is 354 g/mol. The average Bonchev–Trinajstić information content (AvgIpc) is 3.09. The highest BCUT2D eigenvalue weighted by molar-refractivity contribution is 5.95. The fourth-order valence-corrected chi connectivity index (χ4v) is 3.43. The number of hydrogen-bond acceptors (Lipinski definition) is 4. The molecule has 7 nitrogen and oxygen atoms in total. The van der Waals surface area contributed by atoms with Gasteiger partial charge in [-0.15, -0.1) is 0 Å². The van der Waals surface area contributed by atoms with Crippen molar-refractivity contribution in [2.75, 3.05) is 32.7 Å². The number of piperazine rings is 1. The second kappa shape index (κ2) is 9.01. The molecule has 0 saturated carbocycles. The van der Waals surface area contributed by atoms with Gasteiger partial charge in [-0.25, -0.2) is 0 Å². The molecule has 1 aliphatic heterocycles. The number of hydrogen-bond donors (Lipinski definition) is 1. The summed E-state index contributed by atoms with van der Waals surface area (Å²) in [5.41, 5.74) is 3.84. The highest BCUT2D eigenvalue weighted by Gasteiger charge is 2.22. The Kier molecular flexibility index (Phi) is 6.46. The molecule has 0 bridgehead atoms. The molecule has 2 aromatic rings. The maximum Gasteiger partial charge on any atom is 0.269 e. The summed E-state index contributed by atoms with van der Waals surface area (Å²) in [7, 11) is 0. The molecule has 1 aromatic carbocycles. The summed E-state index contributed by atoms with van der Waals surface area (Å²) in [5, 5.41) is 7.01. The molecule has 0 radical (unpaired) electrons. The summed E-state index contributed by atoms with van der Waals surface area (Å²) in [4.78, 5) is 29.0. The van der Waals surface area contributed by atoms with Crippen molar-refractivity contribution in [3.8, 4) is 0 Å². The van der Waals surface area contributed by atoms with Crippen molar-refractivity contribution in [1.29, 1.82) is 0 Å². The largest absolute Gasteiger partial charge is 0.342 e. The number of carbonyl (C=O) groups is 2. The number of benzene rings is 1. The minimum atomic E-state index is -0.256. The Morgan fingerprint density at radius 3 is 2.39 bits per heavy atom. The lowest BCUT2D eigenvalue weighted by Crippen LogP contribution is -2.50. The number of aryl methyl sites for hydroxylation is 3.